The van der Waals surface area contributed by atoms with Crippen molar-refractivity contribution >= 4 is 46.5 Å². The van der Waals surface area contributed by atoms with Crippen molar-refractivity contribution in [3.05, 3.63) is 64.6 Å². The zero-order chi connectivity index (χ0) is 21.5. The molecule has 3 amide bonds. The molecular formula is C21H18N2O6S. The van der Waals surface area contributed by atoms with Crippen molar-refractivity contribution < 1.29 is 28.7 Å². The molecule has 0 radical (unpaired) electrons. The van der Waals surface area contributed by atoms with Crippen LogP contribution in [-0.4, -0.2) is 36.2 Å². The SMILES string of the molecule is CCOC(=O)c1ccc(NC(=O)COc2ccc(/C=C3\SC(=O)NC3=O)cc2)cc1. The zero-order valence-electron chi connectivity index (χ0n) is 16.0. The first-order valence-electron chi connectivity index (χ1n) is 8.99. The van der Waals surface area contributed by atoms with Crippen LogP contribution in [-0.2, 0) is 14.3 Å². The van der Waals surface area contributed by atoms with Gasteiger partial charge in [0.15, 0.2) is 6.61 Å². The van der Waals surface area contributed by atoms with Crippen molar-refractivity contribution in [2.45, 2.75) is 6.92 Å². The van der Waals surface area contributed by atoms with E-state index >= 15 is 0 Å². The topological polar surface area (TPSA) is 111 Å². The summed E-state index contributed by atoms with van der Waals surface area (Å²) < 4.78 is 10.4. The van der Waals surface area contributed by atoms with E-state index in [1.54, 1.807) is 61.5 Å². The highest BCUT2D eigenvalue weighted by Gasteiger charge is 2.24. The van der Waals surface area contributed by atoms with Crippen LogP contribution in [0.4, 0.5) is 10.5 Å². The number of carbonyl (C=O) groups is 4. The summed E-state index contributed by atoms with van der Waals surface area (Å²) in [4.78, 5) is 46.7. The van der Waals surface area contributed by atoms with Crippen LogP contribution < -0.4 is 15.4 Å². The second-order valence-electron chi connectivity index (χ2n) is 6.06. The molecule has 1 saturated heterocycles. The molecule has 0 atom stereocenters. The van der Waals surface area contributed by atoms with E-state index in [9.17, 15) is 19.2 Å². The lowest BCUT2D eigenvalue weighted by Gasteiger charge is -2.08. The average molecular weight is 426 g/mol. The van der Waals surface area contributed by atoms with Crippen molar-refractivity contribution in [1.29, 1.82) is 0 Å². The number of esters is 1. The number of imide groups is 1. The summed E-state index contributed by atoms with van der Waals surface area (Å²) in [5, 5.41) is 4.47. The standard InChI is InChI=1S/C21H18N2O6S/c1-2-28-20(26)14-5-7-15(8-6-14)22-18(24)12-29-16-9-3-13(4-10-16)11-17-19(25)23-21(27)30-17/h3-11H,2,12H2,1H3,(H,22,24)(H,23,25,27)/b17-11-. The van der Waals surface area contributed by atoms with Gasteiger partial charge in [-0.1, -0.05) is 12.1 Å². The number of amides is 3. The minimum Gasteiger partial charge on any atom is -0.484 e. The van der Waals surface area contributed by atoms with Gasteiger partial charge < -0.3 is 14.8 Å². The van der Waals surface area contributed by atoms with Gasteiger partial charge in [-0.3, -0.25) is 19.7 Å². The van der Waals surface area contributed by atoms with Gasteiger partial charge in [0, 0.05) is 5.69 Å². The third-order valence-electron chi connectivity index (χ3n) is 3.87. The molecule has 8 nitrogen and oxygen atoms in total. The van der Waals surface area contributed by atoms with E-state index in [0.717, 1.165) is 17.3 Å². The third kappa shape index (κ3) is 5.71. The van der Waals surface area contributed by atoms with Gasteiger partial charge in [0.2, 0.25) is 0 Å². The fourth-order valence-electron chi connectivity index (χ4n) is 2.48. The Labute approximate surface area is 176 Å². The van der Waals surface area contributed by atoms with Gasteiger partial charge in [-0.2, -0.15) is 0 Å². The number of hydrogen-bond donors (Lipinski definition) is 2. The lowest BCUT2D eigenvalue weighted by molar-refractivity contribution is -0.118. The van der Waals surface area contributed by atoms with E-state index in [4.69, 9.17) is 9.47 Å². The molecule has 1 heterocycles. The minimum absolute atomic E-state index is 0.202. The first-order chi connectivity index (χ1) is 14.4. The largest absolute Gasteiger partial charge is 0.484 e. The number of nitrogens with one attached hydrogen (secondary N) is 2. The molecule has 9 heteroatoms. The molecule has 0 saturated carbocycles. The number of ether oxygens (including phenoxy) is 2. The van der Waals surface area contributed by atoms with Crippen LogP contribution in [0.15, 0.2) is 53.4 Å². The maximum absolute atomic E-state index is 12.1. The van der Waals surface area contributed by atoms with Gasteiger partial charge >= 0.3 is 5.97 Å². The molecule has 1 aliphatic rings. The molecule has 1 fully saturated rings. The summed E-state index contributed by atoms with van der Waals surface area (Å²) in [6.45, 7) is 1.82. The number of benzene rings is 2. The molecule has 30 heavy (non-hydrogen) atoms. The molecule has 3 rings (SSSR count). The highest BCUT2D eigenvalue weighted by atomic mass is 32.2. The molecule has 0 unspecified atom stereocenters. The highest BCUT2D eigenvalue weighted by molar-refractivity contribution is 8.18. The Bertz CT molecular complexity index is 999. The smallest absolute Gasteiger partial charge is 0.338 e. The van der Waals surface area contributed by atoms with E-state index in [1.165, 1.54) is 0 Å². The lowest BCUT2D eigenvalue weighted by Crippen LogP contribution is -2.20. The van der Waals surface area contributed by atoms with Crippen LogP contribution in [0, 0.1) is 0 Å². The second kappa shape index (κ2) is 9.75. The Kier molecular flexibility index (Phi) is 6.87. The van der Waals surface area contributed by atoms with Crippen molar-refractivity contribution in [3.63, 3.8) is 0 Å². The Hall–Kier alpha value is -3.59. The van der Waals surface area contributed by atoms with Crippen LogP contribution in [0.5, 0.6) is 5.75 Å². The first kappa shape index (κ1) is 21.1. The average Bonchev–Trinajstić information content (AvgIpc) is 3.05. The Morgan fingerprint density at radius 3 is 2.37 bits per heavy atom. The Morgan fingerprint density at radius 2 is 1.77 bits per heavy atom. The normalized spacial score (nSPS) is 14.4. The predicted octanol–water partition coefficient (Wildman–Crippen LogP) is 3.20. The van der Waals surface area contributed by atoms with Gasteiger partial charge in [0.1, 0.15) is 5.75 Å². The molecule has 0 bridgehead atoms. The summed E-state index contributed by atoms with van der Waals surface area (Å²) in [6, 6.07) is 13.1. The van der Waals surface area contributed by atoms with E-state index in [1.807, 2.05) is 0 Å². The first-order valence-corrected chi connectivity index (χ1v) is 9.81. The van der Waals surface area contributed by atoms with Crippen LogP contribution >= 0.6 is 11.8 Å². The number of rotatable bonds is 7. The van der Waals surface area contributed by atoms with Crippen LogP contribution in [0.1, 0.15) is 22.8 Å². The molecule has 2 aromatic carbocycles. The third-order valence-corrected chi connectivity index (χ3v) is 4.68. The fraction of sp³-hybridized carbons (Fsp3) is 0.143. The molecular weight excluding hydrogens is 408 g/mol. The van der Waals surface area contributed by atoms with Gasteiger partial charge in [-0.15, -0.1) is 0 Å². The summed E-state index contributed by atoms with van der Waals surface area (Å²) in [7, 11) is 0. The molecule has 2 N–H and O–H groups in total. The van der Waals surface area contributed by atoms with Gasteiger partial charge in [-0.05, 0) is 66.7 Å². The van der Waals surface area contributed by atoms with Gasteiger partial charge in [0.05, 0.1) is 17.1 Å². The van der Waals surface area contributed by atoms with Gasteiger partial charge in [-0.25, -0.2) is 4.79 Å². The van der Waals surface area contributed by atoms with Crippen molar-refractivity contribution in [3.8, 4) is 5.75 Å². The lowest BCUT2D eigenvalue weighted by atomic mass is 10.2. The maximum Gasteiger partial charge on any atom is 0.338 e. The van der Waals surface area contributed by atoms with Crippen LogP contribution in [0.3, 0.4) is 0 Å². The Morgan fingerprint density at radius 1 is 1.07 bits per heavy atom. The number of hydrogen-bond acceptors (Lipinski definition) is 7. The Balaban J connectivity index is 1.50. The molecule has 0 aromatic heterocycles. The molecule has 0 spiro atoms. The van der Waals surface area contributed by atoms with Crippen molar-refractivity contribution in [2.24, 2.45) is 0 Å². The fourth-order valence-corrected chi connectivity index (χ4v) is 3.16. The maximum atomic E-state index is 12.1. The second-order valence-corrected chi connectivity index (χ2v) is 7.07. The van der Waals surface area contributed by atoms with E-state index in [0.29, 0.717) is 28.5 Å². The van der Waals surface area contributed by atoms with E-state index in [2.05, 4.69) is 10.6 Å². The van der Waals surface area contributed by atoms with E-state index < -0.39 is 17.1 Å². The number of anilines is 1. The summed E-state index contributed by atoms with van der Waals surface area (Å²) in [5.41, 5.74) is 1.65. The highest BCUT2D eigenvalue weighted by Crippen LogP contribution is 2.26. The molecule has 2 aromatic rings. The summed E-state index contributed by atoms with van der Waals surface area (Å²) in [5.74, 6) is -0.721. The molecule has 1 aliphatic heterocycles. The zero-order valence-corrected chi connectivity index (χ0v) is 16.8. The molecule has 0 aliphatic carbocycles. The minimum atomic E-state index is -0.420. The monoisotopic (exact) mass is 426 g/mol. The quantitative estimate of drug-likeness (QED) is 0.517. The van der Waals surface area contributed by atoms with Crippen molar-refractivity contribution in [1.82, 2.24) is 5.32 Å². The number of thioether (sulfide) groups is 1. The molecule has 154 valence electrons. The van der Waals surface area contributed by atoms with E-state index in [-0.39, 0.29) is 12.5 Å². The van der Waals surface area contributed by atoms with Crippen LogP contribution in [0.25, 0.3) is 6.08 Å². The predicted molar refractivity (Wildman–Crippen MR) is 112 cm³/mol. The number of carbonyl (C=O) groups excluding carboxylic acids is 4. The van der Waals surface area contributed by atoms with Gasteiger partial charge in [0.25, 0.3) is 17.1 Å². The van der Waals surface area contributed by atoms with Crippen LogP contribution in [0.2, 0.25) is 0 Å². The summed E-state index contributed by atoms with van der Waals surface area (Å²) >= 11 is 0.844. The summed E-state index contributed by atoms with van der Waals surface area (Å²) in [6.07, 6.45) is 1.60. The van der Waals surface area contributed by atoms with Crippen molar-refractivity contribution in [2.75, 3.05) is 18.5 Å².